The van der Waals surface area contributed by atoms with E-state index in [2.05, 4.69) is 0 Å². The molecule has 1 aliphatic rings. The van der Waals surface area contributed by atoms with Gasteiger partial charge in [-0.25, -0.2) is 4.98 Å². The highest BCUT2D eigenvalue weighted by molar-refractivity contribution is 7.22. The molecule has 1 aliphatic heterocycles. The Bertz CT molecular complexity index is 1500. The predicted octanol–water partition coefficient (Wildman–Crippen LogP) is 5.61. The molecule has 0 unspecified atom stereocenters. The molecule has 34 heavy (non-hydrogen) atoms. The van der Waals surface area contributed by atoms with Crippen LogP contribution in [0.2, 0.25) is 0 Å². The molecule has 3 heterocycles. The summed E-state index contributed by atoms with van der Waals surface area (Å²) in [6.07, 6.45) is 0. The molecule has 0 saturated heterocycles. The quantitative estimate of drug-likeness (QED) is 0.378. The first-order valence-corrected chi connectivity index (χ1v) is 11.5. The molecular weight excluding hydrogens is 452 g/mol. The minimum absolute atomic E-state index is 0.0457. The maximum atomic E-state index is 13.5. The Kier molecular flexibility index (Phi) is 5.25. The molecule has 0 bridgehead atoms. The number of Topliss-reactive ketones (excluding diaryl/α,β-unsaturated/α-hetero) is 1. The predicted molar refractivity (Wildman–Crippen MR) is 130 cm³/mol. The zero-order chi connectivity index (χ0) is 24.1. The number of fused-ring (bicyclic) bond motifs is 1. The Morgan fingerprint density at radius 1 is 1.15 bits per heavy atom. The number of ether oxygens (including phenoxy) is 1. The van der Waals surface area contributed by atoms with Gasteiger partial charge in [0, 0.05) is 5.56 Å². The lowest BCUT2D eigenvalue weighted by atomic mass is 9.94. The number of aliphatic hydroxyl groups is 1. The standard InChI is InChI=1S/C26H22N2O5S/c1-13-11-14(2)21-19(12-13)34-26(27-21)28-22(16-7-5-6-8-17(16)32-4)20(24(30)25(28)31)23(29)18-10-9-15(3)33-18/h5-12,22,30H,1-4H3/t22-/m1/s1. The van der Waals surface area contributed by atoms with Gasteiger partial charge in [0.1, 0.15) is 17.6 Å². The molecule has 1 atom stereocenters. The van der Waals surface area contributed by atoms with E-state index < -0.39 is 23.5 Å². The van der Waals surface area contributed by atoms with Gasteiger partial charge in [-0.3, -0.25) is 14.5 Å². The van der Waals surface area contributed by atoms with Crippen LogP contribution in [0.3, 0.4) is 0 Å². The lowest BCUT2D eigenvalue weighted by Crippen LogP contribution is -2.31. The SMILES string of the molecule is COc1ccccc1[C@@H]1C(C(=O)c2ccc(C)o2)=C(O)C(=O)N1c1nc2c(C)cc(C)cc2s1. The van der Waals surface area contributed by atoms with Gasteiger partial charge >= 0.3 is 0 Å². The number of ketones is 1. The summed E-state index contributed by atoms with van der Waals surface area (Å²) in [5, 5.41) is 11.3. The van der Waals surface area contributed by atoms with Crippen molar-refractivity contribution in [1.29, 1.82) is 0 Å². The second kappa shape index (κ2) is 8.14. The van der Waals surface area contributed by atoms with Crippen molar-refractivity contribution < 1.29 is 23.8 Å². The van der Waals surface area contributed by atoms with E-state index in [1.54, 1.807) is 37.3 Å². The number of hydrogen-bond acceptors (Lipinski definition) is 7. The number of furan rings is 1. The highest BCUT2D eigenvalue weighted by Gasteiger charge is 2.47. The summed E-state index contributed by atoms with van der Waals surface area (Å²) in [6, 6.07) is 13.4. The lowest BCUT2D eigenvalue weighted by Gasteiger charge is -2.25. The van der Waals surface area contributed by atoms with E-state index >= 15 is 0 Å². The van der Waals surface area contributed by atoms with Crippen molar-refractivity contribution in [2.24, 2.45) is 0 Å². The lowest BCUT2D eigenvalue weighted by molar-refractivity contribution is -0.117. The van der Waals surface area contributed by atoms with Crippen molar-refractivity contribution in [2.75, 3.05) is 12.0 Å². The fourth-order valence-electron chi connectivity index (χ4n) is 4.37. The first kappa shape index (κ1) is 21.9. The number of rotatable bonds is 5. The highest BCUT2D eigenvalue weighted by Crippen LogP contribution is 2.46. The third-order valence-electron chi connectivity index (χ3n) is 5.88. The molecule has 7 nitrogen and oxygen atoms in total. The van der Waals surface area contributed by atoms with Crippen LogP contribution >= 0.6 is 11.3 Å². The van der Waals surface area contributed by atoms with Crippen LogP contribution in [0, 0.1) is 20.8 Å². The minimum atomic E-state index is -0.941. The molecular formula is C26H22N2O5S. The van der Waals surface area contributed by atoms with E-state index in [4.69, 9.17) is 14.1 Å². The number of thiazole rings is 1. The molecule has 1 amide bonds. The zero-order valence-corrected chi connectivity index (χ0v) is 19.9. The monoisotopic (exact) mass is 474 g/mol. The average molecular weight is 475 g/mol. The first-order valence-electron chi connectivity index (χ1n) is 10.7. The van der Waals surface area contributed by atoms with Crippen molar-refractivity contribution in [3.63, 3.8) is 0 Å². The zero-order valence-electron chi connectivity index (χ0n) is 19.1. The minimum Gasteiger partial charge on any atom is -0.503 e. The summed E-state index contributed by atoms with van der Waals surface area (Å²) in [5.74, 6) is -0.808. The second-order valence-electron chi connectivity index (χ2n) is 8.25. The molecule has 2 aromatic heterocycles. The molecule has 1 N–H and O–H groups in total. The van der Waals surface area contributed by atoms with Gasteiger partial charge in [-0.2, -0.15) is 0 Å². The number of aromatic nitrogens is 1. The second-order valence-corrected chi connectivity index (χ2v) is 9.26. The van der Waals surface area contributed by atoms with E-state index in [1.165, 1.54) is 29.4 Å². The molecule has 2 aromatic carbocycles. The molecule has 0 aliphatic carbocycles. The number of aryl methyl sites for hydroxylation is 3. The van der Waals surface area contributed by atoms with Crippen molar-refractivity contribution in [1.82, 2.24) is 4.98 Å². The Hall–Kier alpha value is -3.91. The summed E-state index contributed by atoms with van der Waals surface area (Å²) in [7, 11) is 1.52. The van der Waals surface area contributed by atoms with Gasteiger partial charge in [-0.1, -0.05) is 35.6 Å². The third kappa shape index (κ3) is 3.38. The van der Waals surface area contributed by atoms with Crippen molar-refractivity contribution in [3.8, 4) is 5.75 Å². The number of hydrogen-bond donors (Lipinski definition) is 1. The van der Waals surface area contributed by atoms with Gasteiger partial charge in [0.2, 0.25) is 5.78 Å². The summed E-state index contributed by atoms with van der Waals surface area (Å²) in [5.41, 5.74) is 3.33. The first-order chi connectivity index (χ1) is 16.3. The maximum Gasteiger partial charge on any atom is 0.296 e. The molecule has 5 rings (SSSR count). The number of para-hydroxylation sites is 1. The fourth-order valence-corrected chi connectivity index (χ4v) is 5.54. The number of amides is 1. The maximum absolute atomic E-state index is 13.5. The Labute approximate surface area is 199 Å². The van der Waals surface area contributed by atoms with Crippen LogP contribution in [0.4, 0.5) is 5.13 Å². The number of nitrogens with zero attached hydrogens (tertiary/aromatic N) is 2. The van der Waals surface area contributed by atoms with Gasteiger partial charge in [-0.15, -0.1) is 0 Å². The summed E-state index contributed by atoms with van der Waals surface area (Å²) < 4.78 is 12.0. The highest BCUT2D eigenvalue weighted by atomic mass is 32.1. The number of carbonyl (C=O) groups excluding carboxylic acids is 2. The molecule has 172 valence electrons. The van der Waals surface area contributed by atoms with Crippen molar-refractivity contribution in [2.45, 2.75) is 26.8 Å². The number of benzene rings is 2. The largest absolute Gasteiger partial charge is 0.503 e. The van der Waals surface area contributed by atoms with Gasteiger partial charge < -0.3 is 14.3 Å². The van der Waals surface area contributed by atoms with Gasteiger partial charge in [0.25, 0.3) is 5.91 Å². The van der Waals surface area contributed by atoms with Crippen LogP contribution in [0.1, 0.15) is 39.0 Å². The van der Waals surface area contributed by atoms with Crippen LogP contribution < -0.4 is 9.64 Å². The number of aliphatic hydroxyl groups excluding tert-OH is 1. The Balaban J connectivity index is 1.72. The summed E-state index contributed by atoms with van der Waals surface area (Å²) in [4.78, 5) is 33.0. The van der Waals surface area contributed by atoms with Crippen molar-refractivity contribution in [3.05, 3.63) is 88.1 Å². The van der Waals surface area contributed by atoms with E-state index in [1.807, 2.05) is 26.0 Å². The normalized spacial score (nSPS) is 16.1. The van der Waals surface area contributed by atoms with Gasteiger partial charge in [0.15, 0.2) is 16.7 Å². The Morgan fingerprint density at radius 3 is 2.62 bits per heavy atom. The van der Waals surface area contributed by atoms with Crippen LogP contribution in [0.25, 0.3) is 10.2 Å². The van der Waals surface area contributed by atoms with Crippen LogP contribution in [0.5, 0.6) is 5.75 Å². The average Bonchev–Trinajstić information content (AvgIpc) is 3.50. The topological polar surface area (TPSA) is 92.9 Å². The van der Waals surface area contributed by atoms with E-state index in [9.17, 15) is 14.7 Å². The van der Waals surface area contributed by atoms with E-state index in [0.29, 0.717) is 22.2 Å². The summed E-state index contributed by atoms with van der Waals surface area (Å²) >= 11 is 1.33. The smallest absolute Gasteiger partial charge is 0.296 e. The van der Waals surface area contributed by atoms with Crippen molar-refractivity contribution >= 4 is 38.4 Å². The molecule has 8 heteroatoms. The van der Waals surface area contributed by atoms with Crippen LogP contribution in [-0.4, -0.2) is 28.9 Å². The third-order valence-corrected chi connectivity index (χ3v) is 6.88. The van der Waals surface area contributed by atoms with Gasteiger partial charge in [0.05, 0.1) is 22.9 Å². The fraction of sp³-hybridized carbons (Fsp3) is 0.192. The van der Waals surface area contributed by atoms with Crippen LogP contribution in [0.15, 0.2) is 64.3 Å². The Morgan fingerprint density at radius 2 is 1.91 bits per heavy atom. The van der Waals surface area contributed by atoms with E-state index in [0.717, 1.165) is 21.3 Å². The molecule has 0 radical (unpaired) electrons. The molecule has 0 spiro atoms. The number of anilines is 1. The van der Waals surface area contributed by atoms with Gasteiger partial charge in [-0.05, 0) is 56.2 Å². The number of methoxy groups -OCH3 is 1. The molecule has 4 aromatic rings. The molecule has 0 saturated carbocycles. The van der Waals surface area contributed by atoms with E-state index in [-0.39, 0.29) is 11.3 Å². The van der Waals surface area contributed by atoms with Crippen LogP contribution in [-0.2, 0) is 4.79 Å². The summed E-state index contributed by atoms with van der Waals surface area (Å²) in [6.45, 7) is 5.69. The molecule has 0 fully saturated rings. The number of carbonyl (C=O) groups is 2.